The van der Waals surface area contributed by atoms with Crippen molar-refractivity contribution in [1.29, 1.82) is 0 Å². The fourth-order valence-electron chi connectivity index (χ4n) is 2.95. The average Bonchev–Trinajstić information content (AvgIpc) is 2.63. The summed E-state index contributed by atoms with van der Waals surface area (Å²) in [7, 11) is 0. The van der Waals surface area contributed by atoms with Crippen LogP contribution in [0.3, 0.4) is 0 Å². The van der Waals surface area contributed by atoms with Gasteiger partial charge >= 0.3 is 0 Å². The summed E-state index contributed by atoms with van der Waals surface area (Å²) >= 11 is 3.43. The van der Waals surface area contributed by atoms with Gasteiger partial charge < -0.3 is 9.47 Å². The van der Waals surface area contributed by atoms with Gasteiger partial charge in [0.2, 0.25) is 0 Å². The Morgan fingerprint density at radius 3 is 2.33 bits per heavy atom. The maximum absolute atomic E-state index is 6.22. The van der Waals surface area contributed by atoms with E-state index < -0.39 is 0 Å². The number of alkyl halides is 1. The lowest BCUT2D eigenvalue weighted by Crippen LogP contribution is -2.04. The molecule has 0 aliphatic rings. The van der Waals surface area contributed by atoms with Crippen LogP contribution in [-0.2, 0) is 6.42 Å². The number of aryl methyl sites for hydroxylation is 1. The van der Waals surface area contributed by atoms with Gasteiger partial charge in [-0.15, -0.1) is 0 Å². The van der Waals surface area contributed by atoms with E-state index >= 15 is 0 Å². The summed E-state index contributed by atoms with van der Waals surface area (Å²) in [5.41, 5.74) is 1.23. The number of halogens is 1. The summed E-state index contributed by atoms with van der Waals surface area (Å²) in [5, 5.41) is 3.13. The molecule has 2 aromatic carbocycles. The summed E-state index contributed by atoms with van der Waals surface area (Å²) in [5.74, 6) is 1.99. The number of unbranched alkanes of at least 4 members (excludes halogenated alkanes) is 4. The van der Waals surface area contributed by atoms with Crippen LogP contribution in [0, 0.1) is 0 Å². The molecule has 2 rings (SSSR count). The molecule has 0 fully saturated rings. The van der Waals surface area contributed by atoms with Gasteiger partial charge in [0.15, 0.2) is 0 Å². The molecule has 0 N–H and O–H groups in total. The van der Waals surface area contributed by atoms with Crippen LogP contribution in [0.2, 0.25) is 0 Å². The smallest absolute Gasteiger partial charge is 0.130 e. The van der Waals surface area contributed by atoms with Crippen molar-refractivity contribution in [3.63, 3.8) is 0 Å². The third-order valence-corrected chi connectivity index (χ3v) is 4.57. The standard InChI is InChI=1S/C21H29BrO2/c1-3-5-6-7-10-14-24-21-17(4-2)16-20(23-15-13-22)18-11-8-9-12-19(18)21/h8-9,11-12,16H,3-7,10,13-15H2,1-2H3. The molecule has 0 heterocycles. The fourth-order valence-corrected chi connectivity index (χ4v) is 3.11. The lowest BCUT2D eigenvalue weighted by molar-refractivity contribution is 0.304. The van der Waals surface area contributed by atoms with Crippen molar-refractivity contribution >= 4 is 26.7 Å². The zero-order valence-corrected chi connectivity index (χ0v) is 16.5. The maximum atomic E-state index is 6.22. The van der Waals surface area contributed by atoms with Gasteiger partial charge in [0.05, 0.1) is 13.2 Å². The van der Waals surface area contributed by atoms with Crippen LogP contribution < -0.4 is 9.47 Å². The van der Waals surface area contributed by atoms with Gasteiger partial charge in [-0.05, 0) is 24.5 Å². The largest absolute Gasteiger partial charge is 0.493 e. The van der Waals surface area contributed by atoms with E-state index in [0.29, 0.717) is 6.61 Å². The van der Waals surface area contributed by atoms with Gasteiger partial charge in [-0.3, -0.25) is 0 Å². The second-order valence-corrected chi connectivity index (χ2v) is 6.86. The molecular weight excluding hydrogens is 364 g/mol. The first-order valence-corrected chi connectivity index (χ1v) is 10.3. The molecule has 0 aromatic heterocycles. The molecule has 0 bridgehead atoms. The molecule has 0 aliphatic carbocycles. The third kappa shape index (κ3) is 5.14. The number of hydrogen-bond donors (Lipinski definition) is 0. The molecule has 0 atom stereocenters. The molecule has 0 aliphatic heterocycles. The molecule has 0 unspecified atom stereocenters. The van der Waals surface area contributed by atoms with Crippen molar-refractivity contribution in [2.45, 2.75) is 52.4 Å². The van der Waals surface area contributed by atoms with Crippen LogP contribution >= 0.6 is 15.9 Å². The van der Waals surface area contributed by atoms with Gasteiger partial charge in [0.25, 0.3) is 0 Å². The first-order chi connectivity index (χ1) is 11.8. The average molecular weight is 393 g/mol. The van der Waals surface area contributed by atoms with E-state index in [1.165, 1.54) is 31.2 Å². The van der Waals surface area contributed by atoms with Crippen molar-refractivity contribution in [3.05, 3.63) is 35.9 Å². The van der Waals surface area contributed by atoms with E-state index in [-0.39, 0.29) is 0 Å². The Labute approximate surface area is 154 Å². The van der Waals surface area contributed by atoms with Crippen molar-refractivity contribution in [1.82, 2.24) is 0 Å². The van der Waals surface area contributed by atoms with Crippen LogP contribution in [0.4, 0.5) is 0 Å². The first kappa shape index (κ1) is 19.1. The minimum Gasteiger partial charge on any atom is -0.493 e. The number of fused-ring (bicyclic) bond motifs is 1. The Bertz CT molecular complexity index is 625. The minimum absolute atomic E-state index is 0.671. The molecule has 0 spiro atoms. The maximum Gasteiger partial charge on any atom is 0.130 e. The van der Waals surface area contributed by atoms with Gasteiger partial charge in [0, 0.05) is 16.1 Å². The summed E-state index contributed by atoms with van der Waals surface area (Å²) in [6.07, 6.45) is 7.23. The van der Waals surface area contributed by atoms with Gasteiger partial charge in [-0.25, -0.2) is 0 Å². The monoisotopic (exact) mass is 392 g/mol. The van der Waals surface area contributed by atoms with Crippen molar-refractivity contribution < 1.29 is 9.47 Å². The van der Waals surface area contributed by atoms with Gasteiger partial charge in [0.1, 0.15) is 11.5 Å². The third-order valence-electron chi connectivity index (χ3n) is 4.24. The molecule has 0 radical (unpaired) electrons. The van der Waals surface area contributed by atoms with Crippen LogP contribution in [0.1, 0.15) is 51.5 Å². The first-order valence-electron chi connectivity index (χ1n) is 9.18. The Kier molecular flexibility index (Phi) is 8.44. The summed E-state index contributed by atoms with van der Waals surface area (Å²) in [6.45, 7) is 5.88. The highest BCUT2D eigenvalue weighted by Crippen LogP contribution is 2.37. The van der Waals surface area contributed by atoms with Crippen LogP contribution in [0.15, 0.2) is 30.3 Å². The summed E-state index contributed by atoms with van der Waals surface area (Å²) < 4.78 is 12.1. The molecule has 3 heteroatoms. The van der Waals surface area contributed by atoms with Crippen molar-refractivity contribution in [3.8, 4) is 11.5 Å². The zero-order valence-electron chi connectivity index (χ0n) is 14.9. The van der Waals surface area contributed by atoms with Crippen molar-refractivity contribution in [2.24, 2.45) is 0 Å². The van der Waals surface area contributed by atoms with E-state index in [2.05, 4.69) is 60.1 Å². The Hall–Kier alpha value is -1.22. The van der Waals surface area contributed by atoms with Gasteiger partial charge in [-0.2, -0.15) is 0 Å². The van der Waals surface area contributed by atoms with E-state index in [9.17, 15) is 0 Å². The Balaban J connectivity index is 2.18. The Morgan fingerprint density at radius 2 is 1.62 bits per heavy atom. The number of benzene rings is 2. The molecule has 0 saturated carbocycles. The predicted octanol–water partition coefficient (Wildman–Crippen LogP) is 6.53. The number of ether oxygens (including phenoxy) is 2. The lowest BCUT2D eigenvalue weighted by atomic mass is 10.0. The van der Waals surface area contributed by atoms with Crippen LogP contribution in [0.5, 0.6) is 11.5 Å². The number of rotatable bonds is 11. The molecule has 0 saturated heterocycles. The molecule has 2 nitrogen and oxygen atoms in total. The normalized spacial score (nSPS) is 11.0. The molecule has 0 amide bonds. The second kappa shape index (κ2) is 10.6. The quantitative estimate of drug-likeness (QED) is 0.319. The fraction of sp³-hybridized carbons (Fsp3) is 0.524. The van der Waals surface area contributed by atoms with Crippen LogP contribution in [0.25, 0.3) is 10.8 Å². The topological polar surface area (TPSA) is 18.5 Å². The predicted molar refractivity (Wildman–Crippen MR) is 107 cm³/mol. The highest BCUT2D eigenvalue weighted by molar-refractivity contribution is 9.09. The summed E-state index contributed by atoms with van der Waals surface area (Å²) in [4.78, 5) is 0. The highest BCUT2D eigenvalue weighted by Gasteiger charge is 2.13. The summed E-state index contributed by atoms with van der Waals surface area (Å²) in [6, 6.07) is 10.5. The van der Waals surface area contributed by atoms with E-state index in [1.807, 2.05) is 0 Å². The van der Waals surface area contributed by atoms with Crippen molar-refractivity contribution in [2.75, 3.05) is 18.5 Å². The molecule has 24 heavy (non-hydrogen) atoms. The van der Waals surface area contributed by atoms with E-state index in [4.69, 9.17) is 9.47 Å². The molecule has 2 aromatic rings. The van der Waals surface area contributed by atoms with Gasteiger partial charge in [-0.1, -0.05) is 79.7 Å². The molecule has 132 valence electrons. The second-order valence-electron chi connectivity index (χ2n) is 6.06. The molecular formula is C21H29BrO2. The lowest BCUT2D eigenvalue weighted by Gasteiger charge is -2.17. The minimum atomic E-state index is 0.671. The highest BCUT2D eigenvalue weighted by atomic mass is 79.9. The van der Waals surface area contributed by atoms with Crippen LogP contribution in [-0.4, -0.2) is 18.5 Å². The Morgan fingerprint density at radius 1 is 0.875 bits per heavy atom. The number of hydrogen-bond acceptors (Lipinski definition) is 2. The zero-order chi connectivity index (χ0) is 17.2. The SMILES string of the molecule is CCCCCCCOc1c(CC)cc(OCCBr)c2ccccc12. The van der Waals surface area contributed by atoms with E-state index in [0.717, 1.165) is 47.1 Å². The van der Waals surface area contributed by atoms with E-state index in [1.54, 1.807) is 0 Å².